The van der Waals surface area contributed by atoms with Crippen molar-refractivity contribution in [3.05, 3.63) is 36.4 Å². The Labute approximate surface area is 85.5 Å². The Bertz CT molecular complexity index is 395. The summed E-state index contributed by atoms with van der Waals surface area (Å²) in [5.41, 5.74) is 0.0412. The van der Waals surface area contributed by atoms with Crippen LogP contribution in [-0.4, -0.2) is 13.3 Å². The van der Waals surface area contributed by atoms with Crippen LogP contribution in [0.25, 0.3) is 0 Å². The average molecular weight is 213 g/mol. The van der Waals surface area contributed by atoms with Gasteiger partial charge in [-0.25, -0.2) is 14.3 Å². The largest absolute Gasteiger partial charge is 0.462 e. The van der Waals surface area contributed by atoms with Gasteiger partial charge in [-0.2, -0.15) is 4.39 Å². The third-order valence-corrected chi connectivity index (χ3v) is 2.01. The first-order valence-electron chi connectivity index (χ1n) is 4.36. The van der Waals surface area contributed by atoms with E-state index in [9.17, 15) is 8.78 Å². The quantitative estimate of drug-likeness (QED) is 0.703. The summed E-state index contributed by atoms with van der Waals surface area (Å²) in [4.78, 5) is 5.07. The number of hydrogen-bond acceptors (Lipinski definition) is 3. The molecule has 0 spiro atoms. The van der Waals surface area contributed by atoms with Gasteiger partial charge in [0, 0.05) is 0 Å². The number of hydrogen-bond donors (Lipinski definition) is 0. The number of fused-ring (bicyclic) bond motifs is 5. The Morgan fingerprint density at radius 1 is 1.40 bits per heavy atom. The molecule has 0 atom stereocenters. The van der Waals surface area contributed by atoms with Crippen LogP contribution in [0.1, 0.15) is 0 Å². The van der Waals surface area contributed by atoms with E-state index in [2.05, 4.69) is 6.58 Å². The minimum absolute atomic E-state index is 0.0412. The fraction of sp³-hybridized carbons (Fsp3) is 0.200. The van der Waals surface area contributed by atoms with Gasteiger partial charge in [0.15, 0.2) is 11.6 Å². The van der Waals surface area contributed by atoms with Gasteiger partial charge in [0.2, 0.25) is 12.6 Å². The van der Waals surface area contributed by atoms with Gasteiger partial charge in [-0.05, 0) is 12.1 Å². The maximum atomic E-state index is 13.4. The topological polar surface area (TPSA) is 21.7 Å². The van der Waals surface area contributed by atoms with Crippen LogP contribution in [0.2, 0.25) is 0 Å². The monoisotopic (exact) mass is 213 g/mol. The molecule has 2 bridgehead atoms. The van der Waals surface area contributed by atoms with Gasteiger partial charge in [-0.15, -0.1) is 6.58 Å². The van der Waals surface area contributed by atoms with Crippen molar-refractivity contribution in [3.8, 4) is 5.75 Å². The highest BCUT2D eigenvalue weighted by Crippen LogP contribution is 2.30. The zero-order valence-electron chi connectivity index (χ0n) is 7.87. The molecular weight excluding hydrogens is 204 g/mol. The van der Waals surface area contributed by atoms with E-state index in [-0.39, 0.29) is 24.8 Å². The highest BCUT2D eigenvalue weighted by atomic mass is 19.2. The van der Waals surface area contributed by atoms with Gasteiger partial charge in [0.05, 0.1) is 6.54 Å². The second kappa shape index (κ2) is 3.86. The normalized spacial score (nSPS) is 14.4. The van der Waals surface area contributed by atoms with Crippen LogP contribution in [0, 0.1) is 11.6 Å². The third-order valence-electron chi connectivity index (χ3n) is 2.01. The summed E-state index contributed by atoms with van der Waals surface area (Å²) in [6, 6.07) is 2.77. The number of anilines is 1. The molecule has 0 saturated carbocycles. The predicted molar refractivity (Wildman–Crippen MR) is 50.5 cm³/mol. The molecule has 0 aliphatic carbocycles. The van der Waals surface area contributed by atoms with Gasteiger partial charge in [-0.3, -0.25) is 0 Å². The fourth-order valence-corrected chi connectivity index (χ4v) is 1.32. The molecular formula is C10H9F2NO2. The number of hydroxylamine groups is 1. The Balaban J connectivity index is 2.48. The smallest absolute Gasteiger partial charge is 0.213 e. The lowest BCUT2D eigenvalue weighted by atomic mass is 10.2. The molecule has 0 fully saturated rings. The molecule has 3 nitrogen and oxygen atoms in total. The van der Waals surface area contributed by atoms with E-state index in [0.717, 1.165) is 0 Å². The molecule has 1 aromatic rings. The average Bonchev–Trinajstić information content (AvgIpc) is 2.19. The van der Waals surface area contributed by atoms with Crippen molar-refractivity contribution in [2.75, 3.05) is 18.4 Å². The number of benzene rings is 1. The Hall–Kier alpha value is -1.62. The standard InChI is InChI=1S/C10H9F2NO2/c1-2-5-13-7-3-4-8(14-6-15-13)10(12)9(7)11/h2-4H,1,5-6H2. The summed E-state index contributed by atoms with van der Waals surface area (Å²) in [6.45, 7) is 3.59. The van der Waals surface area contributed by atoms with Gasteiger partial charge in [-0.1, -0.05) is 6.08 Å². The number of ether oxygens (including phenoxy) is 1. The lowest BCUT2D eigenvalue weighted by Crippen LogP contribution is -2.29. The van der Waals surface area contributed by atoms with Gasteiger partial charge in [0.1, 0.15) is 5.69 Å². The predicted octanol–water partition coefficient (Wildman–Crippen LogP) is 2.24. The van der Waals surface area contributed by atoms with Crippen LogP contribution >= 0.6 is 0 Å². The van der Waals surface area contributed by atoms with Crippen molar-refractivity contribution in [2.45, 2.75) is 0 Å². The highest BCUT2D eigenvalue weighted by Gasteiger charge is 2.22. The molecule has 0 unspecified atom stereocenters. The van der Waals surface area contributed by atoms with Crippen molar-refractivity contribution >= 4 is 5.69 Å². The molecule has 2 aliphatic rings. The van der Waals surface area contributed by atoms with E-state index >= 15 is 0 Å². The van der Waals surface area contributed by atoms with Gasteiger partial charge >= 0.3 is 0 Å². The van der Waals surface area contributed by atoms with Crippen molar-refractivity contribution in [2.24, 2.45) is 0 Å². The maximum absolute atomic E-state index is 13.4. The van der Waals surface area contributed by atoms with Crippen LogP contribution in [-0.2, 0) is 4.84 Å². The van der Waals surface area contributed by atoms with Crippen LogP contribution in [0.4, 0.5) is 14.5 Å². The van der Waals surface area contributed by atoms with E-state index < -0.39 is 11.6 Å². The third kappa shape index (κ3) is 1.66. The van der Waals surface area contributed by atoms with E-state index in [1.165, 1.54) is 23.3 Å². The first-order chi connectivity index (χ1) is 7.24. The zero-order chi connectivity index (χ0) is 10.8. The number of nitrogens with zero attached hydrogens (tertiary/aromatic N) is 1. The summed E-state index contributed by atoms with van der Waals surface area (Å²) in [5, 5.41) is 1.19. The van der Waals surface area contributed by atoms with Crippen molar-refractivity contribution in [1.29, 1.82) is 0 Å². The van der Waals surface area contributed by atoms with Crippen molar-refractivity contribution < 1.29 is 18.4 Å². The van der Waals surface area contributed by atoms with Crippen LogP contribution in [0.5, 0.6) is 5.75 Å². The number of rotatable bonds is 2. The second-order valence-corrected chi connectivity index (χ2v) is 2.95. The molecule has 5 heteroatoms. The number of halogens is 2. The first-order valence-corrected chi connectivity index (χ1v) is 4.36. The molecule has 0 radical (unpaired) electrons. The molecule has 0 amide bonds. The van der Waals surface area contributed by atoms with Crippen molar-refractivity contribution in [3.63, 3.8) is 0 Å². The molecule has 0 saturated heterocycles. The van der Waals surface area contributed by atoms with Crippen LogP contribution in [0.15, 0.2) is 24.8 Å². The maximum Gasteiger partial charge on any atom is 0.213 e. The molecule has 2 aliphatic heterocycles. The summed E-state index contributed by atoms with van der Waals surface area (Å²) in [7, 11) is 0. The molecule has 0 N–H and O–H groups in total. The SMILES string of the molecule is C=CCN1OCOc2ccc1c(F)c2F. The molecule has 80 valence electrons. The van der Waals surface area contributed by atoms with E-state index in [4.69, 9.17) is 9.57 Å². The zero-order valence-corrected chi connectivity index (χ0v) is 7.87. The van der Waals surface area contributed by atoms with E-state index in [1.807, 2.05) is 0 Å². The van der Waals surface area contributed by atoms with Crippen LogP contribution in [0.3, 0.4) is 0 Å². The van der Waals surface area contributed by atoms with Gasteiger partial charge < -0.3 is 4.74 Å². The Kier molecular flexibility index (Phi) is 2.55. The Morgan fingerprint density at radius 3 is 2.93 bits per heavy atom. The lowest BCUT2D eigenvalue weighted by molar-refractivity contribution is -0.00469. The molecule has 3 rings (SSSR count). The molecule has 15 heavy (non-hydrogen) atoms. The highest BCUT2D eigenvalue weighted by molar-refractivity contribution is 5.50. The summed E-state index contributed by atoms with van der Waals surface area (Å²) < 4.78 is 31.6. The Morgan fingerprint density at radius 2 is 2.20 bits per heavy atom. The second-order valence-electron chi connectivity index (χ2n) is 2.95. The molecule has 0 aromatic heterocycles. The van der Waals surface area contributed by atoms with Gasteiger partial charge in [0.25, 0.3) is 0 Å². The summed E-state index contributed by atoms with van der Waals surface area (Å²) in [6.07, 6.45) is 1.52. The summed E-state index contributed by atoms with van der Waals surface area (Å²) in [5.74, 6) is -2.12. The molecule has 1 aromatic carbocycles. The van der Waals surface area contributed by atoms with Crippen molar-refractivity contribution in [1.82, 2.24) is 0 Å². The molecule has 2 heterocycles. The lowest BCUT2D eigenvalue weighted by Gasteiger charge is -2.26. The van der Waals surface area contributed by atoms with E-state index in [1.54, 1.807) is 0 Å². The minimum atomic E-state index is -0.995. The summed E-state index contributed by atoms with van der Waals surface area (Å²) >= 11 is 0. The minimum Gasteiger partial charge on any atom is -0.462 e. The van der Waals surface area contributed by atoms with E-state index in [0.29, 0.717) is 0 Å². The van der Waals surface area contributed by atoms with Crippen LogP contribution < -0.4 is 9.80 Å². The first kappa shape index (κ1) is 9.92. The fourth-order valence-electron chi connectivity index (χ4n) is 1.32.